The largest absolute Gasteiger partial charge is 0.391 e. The van der Waals surface area contributed by atoms with Crippen LogP contribution in [0.5, 0.6) is 0 Å². The topological polar surface area (TPSA) is 40.5 Å². The van der Waals surface area contributed by atoms with Crippen LogP contribution in [-0.4, -0.2) is 27.9 Å². The van der Waals surface area contributed by atoms with Gasteiger partial charge in [-0.2, -0.15) is 0 Å². The summed E-state index contributed by atoms with van der Waals surface area (Å²) in [5.74, 6) is 0.292. The molecule has 1 N–H and O–H groups in total. The zero-order valence-electron chi connectivity index (χ0n) is 19.8. The van der Waals surface area contributed by atoms with Crippen LogP contribution in [-0.2, 0) is 17.9 Å². The Hall–Kier alpha value is -1.97. The number of ketones is 1. The molecule has 0 amide bonds. The van der Waals surface area contributed by atoms with Gasteiger partial charge >= 0.3 is 0 Å². The number of aliphatic hydroxyl groups excluding tert-OH is 1. The summed E-state index contributed by atoms with van der Waals surface area (Å²) >= 11 is 0. The normalized spacial score (nSPS) is 14.5. The molecule has 0 radical (unpaired) electrons. The molecular formula is C28H41NO2. The molecule has 0 spiro atoms. The molecule has 31 heavy (non-hydrogen) atoms. The lowest BCUT2D eigenvalue weighted by Gasteiger charge is -2.36. The van der Waals surface area contributed by atoms with Gasteiger partial charge in [-0.25, -0.2) is 0 Å². The van der Waals surface area contributed by atoms with Crippen LogP contribution in [0.1, 0.15) is 70.9 Å². The first-order chi connectivity index (χ1) is 14.9. The van der Waals surface area contributed by atoms with E-state index < -0.39 is 6.10 Å². The molecule has 0 aliphatic heterocycles. The fraction of sp³-hybridized carbons (Fsp3) is 0.536. The molecule has 2 aromatic carbocycles. The lowest BCUT2D eigenvalue weighted by Crippen LogP contribution is -2.46. The minimum absolute atomic E-state index is 0.126. The van der Waals surface area contributed by atoms with E-state index in [1.807, 2.05) is 12.1 Å². The van der Waals surface area contributed by atoms with E-state index >= 15 is 0 Å². The number of carbonyl (C=O) groups excluding carboxylic acids is 1. The molecule has 0 saturated carbocycles. The van der Waals surface area contributed by atoms with Crippen LogP contribution in [0.3, 0.4) is 0 Å². The van der Waals surface area contributed by atoms with E-state index in [9.17, 15) is 9.90 Å². The summed E-state index contributed by atoms with van der Waals surface area (Å²) in [6.07, 6.45) is 3.72. The van der Waals surface area contributed by atoms with E-state index in [4.69, 9.17) is 0 Å². The van der Waals surface area contributed by atoms with Gasteiger partial charge in [0, 0.05) is 31.5 Å². The summed E-state index contributed by atoms with van der Waals surface area (Å²) < 4.78 is 0. The highest BCUT2D eigenvalue weighted by atomic mass is 16.3. The molecule has 3 atom stereocenters. The summed E-state index contributed by atoms with van der Waals surface area (Å²) in [4.78, 5) is 15.4. The number of unbranched alkanes of at least 4 members (excludes halogenated alkanes) is 2. The zero-order chi connectivity index (χ0) is 22.6. The Morgan fingerprint density at radius 3 is 1.84 bits per heavy atom. The molecule has 3 heteroatoms. The maximum absolute atomic E-state index is 13.1. The van der Waals surface area contributed by atoms with Crippen molar-refractivity contribution in [1.82, 2.24) is 4.90 Å². The lowest BCUT2D eigenvalue weighted by atomic mass is 9.83. The summed E-state index contributed by atoms with van der Waals surface area (Å²) in [6.45, 7) is 9.98. The second-order valence-electron chi connectivity index (χ2n) is 9.27. The Kier molecular flexibility index (Phi) is 11.0. The van der Waals surface area contributed by atoms with Gasteiger partial charge in [-0.15, -0.1) is 0 Å². The van der Waals surface area contributed by atoms with E-state index in [0.29, 0.717) is 12.3 Å². The summed E-state index contributed by atoms with van der Waals surface area (Å²) in [7, 11) is 0. The van der Waals surface area contributed by atoms with Crippen molar-refractivity contribution < 1.29 is 9.90 Å². The molecule has 0 unspecified atom stereocenters. The number of carbonyl (C=O) groups is 1. The standard InChI is InChI=1S/C28H41NO2/c1-5-6-9-18-27(30)26(19-22(2)3)28(31)23(4)29(20-24-14-10-7-11-15-24)21-25-16-12-8-13-17-25/h7-8,10-17,22-23,26,28,31H,5-6,9,18-21H2,1-4H3/t23-,26-,28-/m0/s1. The van der Waals surface area contributed by atoms with Crippen molar-refractivity contribution in [3.8, 4) is 0 Å². The Morgan fingerprint density at radius 1 is 0.871 bits per heavy atom. The number of rotatable bonds is 14. The number of hydrogen-bond acceptors (Lipinski definition) is 3. The molecule has 0 aliphatic carbocycles. The van der Waals surface area contributed by atoms with Gasteiger partial charge < -0.3 is 5.11 Å². The predicted molar refractivity (Wildman–Crippen MR) is 130 cm³/mol. The van der Waals surface area contributed by atoms with Crippen LogP contribution < -0.4 is 0 Å². The van der Waals surface area contributed by atoms with Crippen LogP contribution >= 0.6 is 0 Å². The second kappa shape index (κ2) is 13.4. The van der Waals surface area contributed by atoms with Gasteiger partial charge in [0.1, 0.15) is 5.78 Å². The zero-order valence-corrected chi connectivity index (χ0v) is 19.8. The van der Waals surface area contributed by atoms with Crippen LogP contribution in [0.4, 0.5) is 0 Å². The van der Waals surface area contributed by atoms with Crippen molar-refractivity contribution in [2.75, 3.05) is 0 Å². The van der Waals surface area contributed by atoms with Crippen molar-refractivity contribution in [1.29, 1.82) is 0 Å². The quantitative estimate of drug-likeness (QED) is 0.365. The summed E-state index contributed by atoms with van der Waals surface area (Å²) in [6, 6.07) is 20.6. The van der Waals surface area contributed by atoms with Crippen molar-refractivity contribution in [3.63, 3.8) is 0 Å². The van der Waals surface area contributed by atoms with Crippen LogP contribution in [0.15, 0.2) is 60.7 Å². The van der Waals surface area contributed by atoms with E-state index in [1.54, 1.807) is 0 Å². The molecule has 0 fully saturated rings. The highest BCUT2D eigenvalue weighted by Crippen LogP contribution is 2.26. The third kappa shape index (κ3) is 8.59. The maximum Gasteiger partial charge on any atom is 0.138 e. The average molecular weight is 424 g/mol. The Balaban J connectivity index is 2.21. The van der Waals surface area contributed by atoms with Gasteiger partial charge in [-0.1, -0.05) is 94.3 Å². The Bertz CT molecular complexity index is 703. The fourth-order valence-electron chi connectivity index (χ4n) is 4.24. The molecule has 2 rings (SSSR count). The molecule has 2 aromatic rings. The maximum atomic E-state index is 13.1. The van der Waals surface area contributed by atoms with E-state index in [0.717, 1.165) is 38.8 Å². The second-order valence-corrected chi connectivity index (χ2v) is 9.27. The van der Waals surface area contributed by atoms with Gasteiger partial charge in [0.2, 0.25) is 0 Å². The average Bonchev–Trinajstić information content (AvgIpc) is 2.77. The van der Waals surface area contributed by atoms with E-state index in [2.05, 4.69) is 81.1 Å². The third-order valence-corrected chi connectivity index (χ3v) is 6.11. The number of benzene rings is 2. The Morgan fingerprint density at radius 2 is 1.39 bits per heavy atom. The minimum Gasteiger partial charge on any atom is -0.391 e. The van der Waals surface area contributed by atoms with E-state index in [-0.39, 0.29) is 17.7 Å². The number of aliphatic hydroxyl groups is 1. The van der Waals surface area contributed by atoms with Crippen LogP contribution in [0, 0.1) is 11.8 Å². The smallest absolute Gasteiger partial charge is 0.138 e. The predicted octanol–water partition coefficient (Wildman–Crippen LogP) is 6.25. The summed E-state index contributed by atoms with van der Waals surface area (Å²) in [5, 5.41) is 11.4. The SMILES string of the molecule is CCCCCC(=O)[C@H](CC(C)C)[C@@H](O)[C@H](C)N(Cc1ccccc1)Cc1ccccc1. The molecule has 0 bridgehead atoms. The van der Waals surface area contributed by atoms with Crippen molar-refractivity contribution >= 4 is 5.78 Å². The number of nitrogens with zero attached hydrogens (tertiary/aromatic N) is 1. The molecule has 0 aromatic heterocycles. The van der Waals surface area contributed by atoms with Crippen molar-refractivity contribution in [2.24, 2.45) is 11.8 Å². The third-order valence-electron chi connectivity index (χ3n) is 6.11. The highest BCUT2D eigenvalue weighted by molar-refractivity contribution is 5.81. The first-order valence-electron chi connectivity index (χ1n) is 11.9. The van der Waals surface area contributed by atoms with Gasteiger partial charge in [-0.05, 0) is 36.8 Å². The van der Waals surface area contributed by atoms with Gasteiger partial charge in [0.05, 0.1) is 6.10 Å². The lowest BCUT2D eigenvalue weighted by molar-refractivity contribution is -0.129. The van der Waals surface area contributed by atoms with Gasteiger partial charge in [0.15, 0.2) is 0 Å². The molecule has 0 heterocycles. The molecular weight excluding hydrogens is 382 g/mol. The highest BCUT2D eigenvalue weighted by Gasteiger charge is 2.33. The first-order valence-corrected chi connectivity index (χ1v) is 11.9. The fourth-order valence-corrected chi connectivity index (χ4v) is 4.24. The first kappa shape index (κ1) is 25.3. The van der Waals surface area contributed by atoms with Gasteiger partial charge in [0.25, 0.3) is 0 Å². The molecule has 0 saturated heterocycles. The van der Waals surface area contributed by atoms with Crippen LogP contribution in [0.2, 0.25) is 0 Å². The van der Waals surface area contributed by atoms with Gasteiger partial charge in [-0.3, -0.25) is 9.69 Å². The van der Waals surface area contributed by atoms with Crippen molar-refractivity contribution in [3.05, 3.63) is 71.8 Å². The summed E-state index contributed by atoms with van der Waals surface area (Å²) in [5.41, 5.74) is 2.43. The van der Waals surface area contributed by atoms with Crippen molar-refractivity contribution in [2.45, 2.75) is 85.0 Å². The monoisotopic (exact) mass is 423 g/mol. The number of hydrogen-bond donors (Lipinski definition) is 1. The molecule has 0 aliphatic rings. The van der Waals surface area contributed by atoms with Crippen LogP contribution in [0.25, 0.3) is 0 Å². The Labute approximate surface area is 189 Å². The molecule has 3 nitrogen and oxygen atoms in total. The molecule has 170 valence electrons. The minimum atomic E-state index is -0.677. The number of Topliss-reactive ketones (excluding diaryl/α,β-unsaturated/α-hetero) is 1. The van der Waals surface area contributed by atoms with E-state index in [1.165, 1.54) is 11.1 Å².